The molecule has 4 rings (SSSR count). The summed E-state index contributed by atoms with van der Waals surface area (Å²) >= 11 is 0. The van der Waals surface area contributed by atoms with Crippen molar-refractivity contribution in [1.82, 2.24) is 19.7 Å². The average Bonchev–Trinajstić information content (AvgIpc) is 3.29. The molecule has 0 spiro atoms. The SMILES string of the molecule is C[C@H]1CCCC[C@H]1OCCN1CCn2c(nnc2C2CC2)C1. The summed E-state index contributed by atoms with van der Waals surface area (Å²) in [6.07, 6.45) is 8.40. The maximum absolute atomic E-state index is 6.15. The Labute approximate surface area is 133 Å². The van der Waals surface area contributed by atoms with Crippen LogP contribution in [0.2, 0.25) is 0 Å². The summed E-state index contributed by atoms with van der Waals surface area (Å²) in [4.78, 5) is 2.47. The van der Waals surface area contributed by atoms with Crippen LogP contribution in [0.1, 0.15) is 63.0 Å². The van der Waals surface area contributed by atoms with Crippen molar-refractivity contribution in [2.45, 2.75) is 70.6 Å². The van der Waals surface area contributed by atoms with Crippen LogP contribution in [-0.4, -0.2) is 45.5 Å². The molecule has 2 heterocycles. The predicted molar refractivity (Wildman–Crippen MR) is 84.6 cm³/mol. The normalized spacial score (nSPS) is 29.5. The Hall–Kier alpha value is -0.940. The van der Waals surface area contributed by atoms with Crippen molar-refractivity contribution in [3.8, 4) is 0 Å². The molecular weight excluding hydrogens is 276 g/mol. The van der Waals surface area contributed by atoms with Crippen molar-refractivity contribution < 1.29 is 4.74 Å². The molecule has 2 fully saturated rings. The van der Waals surface area contributed by atoms with Crippen LogP contribution in [-0.2, 0) is 17.8 Å². The molecule has 0 saturated heterocycles. The van der Waals surface area contributed by atoms with E-state index in [0.29, 0.717) is 12.0 Å². The smallest absolute Gasteiger partial charge is 0.147 e. The Morgan fingerprint density at radius 3 is 2.77 bits per heavy atom. The Morgan fingerprint density at radius 1 is 1.09 bits per heavy atom. The van der Waals surface area contributed by atoms with Crippen LogP contribution >= 0.6 is 0 Å². The zero-order chi connectivity index (χ0) is 14.9. The van der Waals surface area contributed by atoms with E-state index in [1.54, 1.807) is 0 Å². The van der Waals surface area contributed by atoms with Crippen LogP contribution < -0.4 is 0 Å². The lowest BCUT2D eigenvalue weighted by Crippen LogP contribution is -2.37. The van der Waals surface area contributed by atoms with Gasteiger partial charge in [-0.25, -0.2) is 0 Å². The summed E-state index contributed by atoms with van der Waals surface area (Å²) in [5.74, 6) is 3.82. The fourth-order valence-electron chi connectivity index (χ4n) is 3.93. The standard InChI is InChI=1S/C17H28N4O/c1-13-4-2-3-5-15(13)22-11-10-20-8-9-21-16(12-20)18-19-17(21)14-6-7-14/h13-15H,2-12H2,1H3/t13-,15+/m0/s1. The van der Waals surface area contributed by atoms with Gasteiger partial charge in [0.15, 0.2) is 0 Å². The Balaban J connectivity index is 1.26. The average molecular weight is 304 g/mol. The van der Waals surface area contributed by atoms with E-state index in [1.807, 2.05) is 0 Å². The van der Waals surface area contributed by atoms with Gasteiger partial charge in [0, 0.05) is 25.6 Å². The minimum absolute atomic E-state index is 0.490. The van der Waals surface area contributed by atoms with Gasteiger partial charge in [0.1, 0.15) is 11.6 Å². The summed E-state index contributed by atoms with van der Waals surface area (Å²) in [5, 5.41) is 8.82. The van der Waals surface area contributed by atoms with Crippen molar-refractivity contribution in [3.05, 3.63) is 11.6 Å². The largest absolute Gasteiger partial charge is 0.377 e. The van der Waals surface area contributed by atoms with Crippen LogP contribution in [0.5, 0.6) is 0 Å². The van der Waals surface area contributed by atoms with Gasteiger partial charge in [-0.3, -0.25) is 4.90 Å². The highest BCUT2D eigenvalue weighted by Crippen LogP contribution is 2.39. The van der Waals surface area contributed by atoms with Crippen molar-refractivity contribution >= 4 is 0 Å². The maximum Gasteiger partial charge on any atom is 0.147 e. The van der Waals surface area contributed by atoms with Gasteiger partial charge in [-0.05, 0) is 31.6 Å². The first-order chi connectivity index (χ1) is 10.8. The molecule has 2 atom stereocenters. The van der Waals surface area contributed by atoms with E-state index < -0.39 is 0 Å². The highest BCUT2D eigenvalue weighted by molar-refractivity contribution is 5.09. The predicted octanol–water partition coefficient (Wildman–Crippen LogP) is 2.57. The van der Waals surface area contributed by atoms with Crippen LogP contribution in [0.15, 0.2) is 0 Å². The van der Waals surface area contributed by atoms with E-state index in [0.717, 1.165) is 44.5 Å². The monoisotopic (exact) mass is 304 g/mol. The molecule has 5 heteroatoms. The molecule has 0 N–H and O–H groups in total. The molecule has 1 aromatic heterocycles. The minimum Gasteiger partial charge on any atom is -0.377 e. The van der Waals surface area contributed by atoms with Crippen molar-refractivity contribution in [1.29, 1.82) is 0 Å². The molecule has 0 amide bonds. The first-order valence-electron chi connectivity index (χ1n) is 9.07. The van der Waals surface area contributed by atoms with E-state index in [1.165, 1.54) is 44.3 Å². The third-order valence-corrected chi connectivity index (χ3v) is 5.58. The summed E-state index contributed by atoms with van der Waals surface area (Å²) in [7, 11) is 0. The van der Waals surface area contributed by atoms with E-state index in [-0.39, 0.29) is 0 Å². The van der Waals surface area contributed by atoms with E-state index >= 15 is 0 Å². The van der Waals surface area contributed by atoms with Gasteiger partial charge in [0.2, 0.25) is 0 Å². The van der Waals surface area contributed by atoms with Gasteiger partial charge in [0.25, 0.3) is 0 Å². The fourth-order valence-corrected chi connectivity index (χ4v) is 3.93. The van der Waals surface area contributed by atoms with Crippen LogP contribution in [0.4, 0.5) is 0 Å². The first kappa shape index (κ1) is 14.6. The van der Waals surface area contributed by atoms with Crippen LogP contribution in [0.25, 0.3) is 0 Å². The van der Waals surface area contributed by atoms with E-state index in [2.05, 4.69) is 26.6 Å². The van der Waals surface area contributed by atoms with Gasteiger partial charge < -0.3 is 9.30 Å². The number of ether oxygens (including phenoxy) is 1. The van der Waals surface area contributed by atoms with Gasteiger partial charge in [-0.1, -0.05) is 19.8 Å². The molecule has 122 valence electrons. The molecule has 0 unspecified atom stereocenters. The molecule has 0 aromatic carbocycles. The lowest BCUT2D eigenvalue weighted by molar-refractivity contribution is -0.0161. The molecule has 2 aliphatic carbocycles. The molecule has 0 bridgehead atoms. The van der Waals surface area contributed by atoms with Crippen molar-refractivity contribution in [2.24, 2.45) is 5.92 Å². The van der Waals surface area contributed by atoms with E-state index in [9.17, 15) is 0 Å². The van der Waals surface area contributed by atoms with Crippen molar-refractivity contribution in [2.75, 3.05) is 19.7 Å². The van der Waals surface area contributed by atoms with Crippen molar-refractivity contribution in [3.63, 3.8) is 0 Å². The lowest BCUT2D eigenvalue weighted by Gasteiger charge is -2.31. The summed E-state index contributed by atoms with van der Waals surface area (Å²) in [5.41, 5.74) is 0. The molecule has 5 nitrogen and oxygen atoms in total. The topological polar surface area (TPSA) is 43.2 Å². The zero-order valence-electron chi connectivity index (χ0n) is 13.7. The highest BCUT2D eigenvalue weighted by atomic mass is 16.5. The zero-order valence-corrected chi connectivity index (χ0v) is 13.7. The Morgan fingerprint density at radius 2 is 1.95 bits per heavy atom. The number of hydrogen-bond donors (Lipinski definition) is 0. The number of fused-ring (bicyclic) bond motifs is 1. The number of nitrogens with zero attached hydrogens (tertiary/aromatic N) is 4. The van der Waals surface area contributed by atoms with Crippen LogP contribution in [0.3, 0.4) is 0 Å². The third kappa shape index (κ3) is 3.06. The van der Waals surface area contributed by atoms with E-state index in [4.69, 9.17) is 4.74 Å². The first-order valence-corrected chi connectivity index (χ1v) is 9.07. The molecule has 1 aliphatic heterocycles. The third-order valence-electron chi connectivity index (χ3n) is 5.58. The van der Waals surface area contributed by atoms with Crippen LogP contribution in [0, 0.1) is 5.92 Å². The molecule has 0 radical (unpaired) electrons. The summed E-state index contributed by atoms with van der Waals surface area (Å²) in [6, 6.07) is 0. The summed E-state index contributed by atoms with van der Waals surface area (Å²) in [6.45, 7) is 7.31. The Bertz CT molecular complexity index is 511. The quantitative estimate of drug-likeness (QED) is 0.838. The second kappa shape index (κ2) is 6.28. The molecule has 3 aliphatic rings. The fraction of sp³-hybridized carbons (Fsp3) is 0.882. The second-order valence-electron chi connectivity index (χ2n) is 7.35. The van der Waals surface area contributed by atoms with Gasteiger partial charge in [-0.2, -0.15) is 0 Å². The van der Waals surface area contributed by atoms with Gasteiger partial charge >= 0.3 is 0 Å². The second-order valence-corrected chi connectivity index (χ2v) is 7.35. The number of rotatable bonds is 5. The van der Waals surface area contributed by atoms with Gasteiger partial charge in [0.05, 0.1) is 19.3 Å². The number of hydrogen-bond acceptors (Lipinski definition) is 4. The molecule has 22 heavy (non-hydrogen) atoms. The maximum atomic E-state index is 6.15. The molecule has 1 aromatic rings. The minimum atomic E-state index is 0.490. The number of aromatic nitrogens is 3. The molecule has 2 saturated carbocycles. The lowest BCUT2D eigenvalue weighted by atomic mass is 9.88. The highest BCUT2D eigenvalue weighted by Gasteiger charge is 2.32. The molecular formula is C17H28N4O. The summed E-state index contributed by atoms with van der Waals surface area (Å²) < 4.78 is 8.51. The van der Waals surface area contributed by atoms with Gasteiger partial charge in [-0.15, -0.1) is 10.2 Å². The Kier molecular flexibility index (Phi) is 4.18.